The van der Waals surface area contributed by atoms with Gasteiger partial charge in [-0.15, -0.1) is 11.3 Å². The highest BCUT2D eigenvalue weighted by atomic mass is 32.2. The molecule has 4 rings (SSSR count). The molecule has 8 nitrogen and oxygen atoms in total. The Morgan fingerprint density at radius 3 is 2.47 bits per heavy atom. The van der Waals surface area contributed by atoms with Crippen molar-refractivity contribution in [1.82, 2.24) is 15.2 Å². The maximum Gasteiger partial charge on any atom is 0.238 e. The van der Waals surface area contributed by atoms with Gasteiger partial charge in [0.25, 0.3) is 0 Å². The molecule has 2 aromatic carbocycles. The second kappa shape index (κ2) is 10.9. The number of nitrogens with zero attached hydrogens (tertiary/aromatic N) is 2. The van der Waals surface area contributed by atoms with Crippen LogP contribution in [0.3, 0.4) is 0 Å². The maximum absolute atomic E-state index is 13.1. The minimum atomic E-state index is -3.85. The Hall–Kier alpha value is -3.08. The third-order valence-electron chi connectivity index (χ3n) is 6.51. The van der Waals surface area contributed by atoms with Gasteiger partial charge in [-0.2, -0.15) is 0 Å². The van der Waals surface area contributed by atoms with Crippen LogP contribution in [0.5, 0.6) is 0 Å². The number of nitrogens with one attached hydrogen (secondary N) is 1. The highest BCUT2D eigenvalue weighted by Gasteiger charge is 2.39. The quantitative estimate of drug-likeness (QED) is 0.465. The lowest BCUT2D eigenvalue weighted by Crippen LogP contribution is -2.40. The van der Waals surface area contributed by atoms with Gasteiger partial charge in [-0.1, -0.05) is 48.9 Å². The third-order valence-corrected chi connectivity index (χ3v) is 8.43. The molecular formula is C26H30N4O4S2. The average Bonchev–Trinajstić information content (AvgIpc) is 3.51. The molecule has 190 valence electrons. The second-order valence-corrected chi connectivity index (χ2v) is 11.6. The highest BCUT2D eigenvalue weighted by Crippen LogP contribution is 2.34. The van der Waals surface area contributed by atoms with Gasteiger partial charge in [0.2, 0.25) is 21.8 Å². The number of primary sulfonamides is 1. The van der Waals surface area contributed by atoms with E-state index < -0.39 is 10.0 Å². The first-order chi connectivity index (χ1) is 17.1. The topological polar surface area (TPSA) is 122 Å². The minimum Gasteiger partial charge on any atom is -0.352 e. The van der Waals surface area contributed by atoms with Gasteiger partial charge in [0.15, 0.2) is 0 Å². The summed E-state index contributed by atoms with van der Waals surface area (Å²) >= 11 is 1.53. The summed E-state index contributed by atoms with van der Waals surface area (Å²) in [5.74, 6) is -0.807. The number of carbonyl (C=O) groups is 2. The van der Waals surface area contributed by atoms with Gasteiger partial charge >= 0.3 is 0 Å². The van der Waals surface area contributed by atoms with Gasteiger partial charge in [0, 0.05) is 42.1 Å². The fourth-order valence-corrected chi connectivity index (χ4v) is 6.27. The predicted molar refractivity (Wildman–Crippen MR) is 139 cm³/mol. The fourth-order valence-electron chi connectivity index (χ4n) is 4.68. The van der Waals surface area contributed by atoms with E-state index in [1.807, 2.05) is 36.6 Å². The van der Waals surface area contributed by atoms with Crippen molar-refractivity contribution >= 4 is 33.2 Å². The molecule has 36 heavy (non-hydrogen) atoms. The molecule has 2 atom stereocenters. The number of thiazole rings is 1. The molecule has 1 aliphatic carbocycles. The Morgan fingerprint density at radius 1 is 1.11 bits per heavy atom. The van der Waals surface area contributed by atoms with Gasteiger partial charge < -0.3 is 10.2 Å². The third kappa shape index (κ3) is 6.00. The summed E-state index contributed by atoms with van der Waals surface area (Å²) < 4.78 is 23.8. The van der Waals surface area contributed by atoms with Crippen molar-refractivity contribution in [2.75, 3.05) is 7.05 Å². The first-order valence-corrected chi connectivity index (χ1v) is 14.2. The zero-order chi connectivity index (χ0) is 25.9. The number of benzene rings is 2. The Balaban J connectivity index is 1.37. The number of rotatable bonds is 8. The second-order valence-electron chi connectivity index (χ2n) is 9.18. The van der Waals surface area contributed by atoms with Crippen molar-refractivity contribution in [3.63, 3.8) is 0 Å². The number of sulfonamides is 1. The molecule has 1 saturated carbocycles. The normalized spacial score (nSPS) is 17.6. The number of hydrogen-bond acceptors (Lipinski definition) is 6. The molecule has 0 aliphatic heterocycles. The minimum absolute atomic E-state index is 0.0154. The largest absolute Gasteiger partial charge is 0.352 e. The van der Waals surface area contributed by atoms with E-state index >= 15 is 0 Å². The SMILES string of the molecule is Cc1csc(CN(C)C(=O)[C@@H]2CCCC2C(=O)NCc2ccc(-c3ccccc3S(N)(=O)=O)cc2)n1. The molecule has 3 N–H and O–H groups in total. The molecule has 2 amide bonds. The summed E-state index contributed by atoms with van der Waals surface area (Å²) in [6, 6.07) is 13.9. The zero-order valence-electron chi connectivity index (χ0n) is 20.3. The van der Waals surface area contributed by atoms with E-state index in [2.05, 4.69) is 10.3 Å². The van der Waals surface area contributed by atoms with Crippen LogP contribution >= 0.6 is 11.3 Å². The first-order valence-electron chi connectivity index (χ1n) is 11.8. The molecule has 0 saturated heterocycles. The lowest BCUT2D eigenvalue weighted by Gasteiger charge is -2.24. The maximum atomic E-state index is 13.1. The molecule has 3 aromatic rings. The molecule has 0 bridgehead atoms. The molecule has 1 aromatic heterocycles. The first kappa shape index (κ1) is 26.0. The Kier molecular flexibility index (Phi) is 7.87. The summed E-state index contributed by atoms with van der Waals surface area (Å²) in [5.41, 5.74) is 3.06. The lowest BCUT2D eigenvalue weighted by atomic mass is 9.93. The number of aryl methyl sites for hydroxylation is 1. The lowest BCUT2D eigenvalue weighted by molar-refractivity contribution is -0.140. The van der Waals surface area contributed by atoms with E-state index in [9.17, 15) is 18.0 Å². The van der Waals surface area contributed by atoms with Crippen molar-refractivity contribution in [3.05, 3.63) is 70.2 Å². The number of aromatic nitrogens is 1. The van der Waals surface area contributed by atoms with Crippen molar-refractivity contribution in [2.45, 2.75) is 44.2 Å². The number of amides is 2. The zero-order valence-corrected chi connectivity index (χ0v) is 21.9. The van der Waals surface area contributed by atoms with Gasteiger partial charge in [0.05, 0.1) is 11.4 Å². The molecule has 10 heteroatoms. The van der Waals surface area contributed by atoms with Gasteiger partial charge in [0.1, 0.15) is 5.01 Å². The van der Waals surface area contributed by atoms with E-state index in [0.29, 0.717) is 31.5 Å². The van der Waals surface area contributed by atoms with Crippen LogP contribution in [0, 0.1) is 18.8 Å². The standard InChI is InChI=1S/C26H30N4O4S2/c1-17-16-35-24(29-17)15-30(2)26(32)22-8-5-7-21(22)25(31)28-14-18-10-12-19(13-11-18)20-6-3-4-9-23(20)36(27,33)34/h3-4,6,9-13,16,21-22H,5,7-8,14-15H2,1-2H3,(H,28,31)(H2,27,33,34)/t21?,22-/m1/s1. The van der Waals surface area contributed by atoms with Gasteiger partial charge in [-0.25, -0.2) is 18.5 Å². The van der Waals surface area contributed by atoms with Crippen LogP contribution in [-0.4, -0.2) is 37.2 Å². The Bertz CT molecular complexity index is 1350. The summed E-state index contributed by atoms with van der Waals surface area (Å²) in [7, 11) is -2.08. The number of carbonyl (C=O) groups excluding carboxylic acids is 2. The molecule has 1 fully saturated rings. The average molecular weight is 527 g/mol. The van der Waals surface area contributed by atoms with Crippen LogP contribution in [0.15, 0.2) is 58.8 Å². The van der Waals surface area contributed by atoms with Gasteiger partial charge in [-0.05, 0) is 37.0 Å². The molecule has 0 spiro atoms. The van der Waals surface area contributed by atoms with E-state index in [0.717, 1.165) is 28.2 Å². The number of nitrogens with two attached hydrogens (primary N) is 1. The van der Waals surface area contributed by atoms with Crippen LogP contribution < -0.4 is 10.5 Å². The van der Waals surface area contributed by atoms with Crippen molar-refractivity contribution in [1.29, 1.82) is 0 Å². The molecule has 0 radical (unpaired) electrons. The fraction of sp³-hybridized carbons (Fsp3) is 0.346. The molecule has 1 heterocycles. The summed E-state index contributed by atoms with van der Waals surface area (Å²) in [6.07, 6.45) is 2.24. The predicted octanol–water partition coefficient (Wildman–Crippen LogP) is 3.46. The van der Waals surface area contributed by atoms with Crippen molar-refractivity contribution < 1.29 is 18.0 Å². The molecule has 1 unspecified atom stereocenters. The van der Waals surface area contributed by atoms with E-state index in [-0.39, 0.29) is 28.5 Å². The Morgan fingerprint density at radius 2 is 1.81 bits per heavy atom. The van der Waals surface area contributed by atoms with Crippen molar-refractivity contribution in [2.24, 2.45) is 17.0 Å². The Labute approximate surface area is 215 Å². The van der Waals surface area contributed by atoms with Crippen LogP contribution in [-0.2, 0) is 32.7 Å². The van der Waals surface area contributed by atoms with E-state index in [1.165, 1.54) is 17.4 Å². The van der Waals surface area contributed by atoms with E-state index in [4.69, 9.17) is 5.14 Å². The van der Waals surface area contributed by atoms with Crippen LogP contribution in [0.1, 0.15) is 35.5 Å². The monoisotopic (exact) mass is 526 g/mol. The van der Waals surface area contributed by atoms with Gasteiger partial charge in [-0.3, -0.25) is 9.59 Å². The highest BCUT2D eigenvalue weighted by molar-refractivity contribution is 7.89. The number of hydrogen-bond donors (Lipinski definition) is 2. The van der Waals surface area contributed by atoms with Crippen LogP contribution in [0.2, 0.25) is 0 Å². The smallest absolute Gasteiger partial charge is 0.238 e. The van der Waals surface area contributed by atoms with Crippen LogP contribution in [0.4, 0.5) is 0 Å². The van der Waals surface area contributed by atoms with Crippen molar-refractivity contribution in [3.8, 4) is 11.1 Å². The van der Waals surface area contributed by atoms with E-state index in [1.54, 1.807) is 30.1 Å². The summed E-state index contributed by atoms with van der Waals surface area (Å²) in [5, 5.41) is 11.2. The molecular weight excluding hydrogens is 496 g/mol. The molecule has 1 aliphatic rings. The summed E-state index contributed by atoms with van der Waals surface area (Å²) in [4.78, 5) is 32.2. The van der Waals surface area contributed by atoms with Crippen LogP contribution in [0.25, 0.3) is 11.1 Å². The summed E-state index contributed by atoms with van der Waals surface area (Å²) in [6.45, 7) is 2.70.